The quantitative estimate of drug-likeness (QED) is 0.0262. The molecule has 105 heavy (non-hydrogen) atoms. The van der Waals surface area contributed by atoms with E-state index in [2.05, 4.69) is 0 Å². The molecule has 3 heterocycles. The van der Waals surface area contributed by atoms with E-state index >= 15 is 0 Å². The first-order valence-electron chi connectivity index (χ1n) is 33.0. The zero-order valence-electron chi connectivity index (χ0n) is 55.8. The Morgan fingerprint density at radius 1 is 0.324 bits per heavy atom. The molecule has 0 unspecified atom stereocenters. The normalized spacial score (nSPS) is 24.5. The first kappa shape index (κ1) is 79.4. The van der Waals surface area contributed by atoms with Gasteiger partial charge in [0.15, 0.2) is 17.3 Å². The Morgan fingerprint density at radius 2 is 0.590 bits per heavy atom. The van der Waals surface area contributed by atoms with Crippen LogP contribution in [-0.4, -0.2) is 241 Å². The number of hydrogen-bond donors (Lipinski definition) is 15. The molecule has 0 amide bonds. The van der Waals surface area contributed by atoms with Crippen molar-refractivity contribution in [2.24, 2.45) is 0 Å². The van der Waals surface area contributed by atoms with E-state index in [9.17, 15) is 105 Å². The Hall–Kier alpha value is -8.19. The van der Waals surface area contributed by atoms with Crippen LogP contribution in [0, 0.1) is 0 Å². The molecule has 558 valence electrons. The molecule has 0 saturated carbocycles. The molecule has 10 rings (SSSR count). The van der Waals surface area contributed by atoms with E-state index in [4.69, 9.17) is 28.4 Å². The Balaban J connectivity index is 0.899. The fourth-order valence-corrected chi connectivity index (χ4v) is 14.7. The number of carboxylic acid groups (broad SMARTS) is 3. The summed E-state index contributed by atoms with van der Waals surface area (Å²) in [5, 5.41) is 154. The van der Waals surface area contributed by atoms with Crippen LogP contribution in [0.4, 0.5) is 0 Å². The number of Topliss-reactive ketones (excluding diaryl/α,β-unsaturated/α-hetero) is 3. The Bertz CT molecular complexity index is 3810. The van der Waals surface area contributed by atoms with Gasteiger partial charge in [-0.15, -0.1) is 35.3 Å². The van der Waals surface area contributed by atoms with Gasteiger partial charge in [-0.3, -0.25) is 28.8 Å². The van der Waals surface area contributed by atoms with Crippen molar-refractivity contribution in [2.75, 3.05) is 37.1 Å². The molecule has 3 saturated heterocycles. The molecule has 0 aromatic heterocycles. The number of carboxylic acids is 3. The Kier molecular flexibility index (Phi) is 27.5. The minimum Gasteiger partial charge on any atom is -0.481 e. The molecule has 7 aromatic carbocycles. The highest BCUT2D eigenvalue weighted by molar-refractivity contribution is 7.99. The van der Waals surface area contributed by atoms with Gasteiger partial charge in [0.2, 0.25) is 18.9 Å². The van der Waals surface area contributed by atoms with Crippen LogP contribution in [0.3, 0.4) is 0 Å². The van der Waals surface area contributed by atoms with Crippen molar-refractivity contribution in [1.82, 2.24) is 0 Å². The summed E-state index contributed by atoms with van der Waals surface area (Å²) in [6, 6.07) is 38.4. The van der Waals surface area contributed by atoms with E-state index < -0.39 is 130 Å². The van der Waals surface area contributed by atoms with E-state index in [1.165, 1.54) is 89.9 Å². The van der Waals surface area contributed by atoms with Gasteiger partial charge in [-0.2, -0.15) is 0 Å². The zero-order valence-corrected chi connectivity index (χ0v) is 58.3. The highest BCUT2D eigenvalue weighted by Gasteiger charge is 2.48. The third kappa shape index (κ3) is 20.1. The van der Waals surface area contributed by atoms with Gasteiger partial charge in [0, 0.05) is 50.6 Å². The predicted octanol–water partition coefficient (Wildman–Crippen LogP) is 3.45. The van der Waals surface area contributed by atoms with Crippen molar-refractivity contribution in [3.05, 3.63) is 196 Å². The van der Waals surface area contributed by atoms with Gasteiger partial charge >= 0.3 is 17.9 Å². The van der Waals surface area contributed by atoms with E-state index in [0.717, 1.165) is 16.7 Å². The molecule has 3 fully saturated rings. The molecule has 7 aromatic rings. The first-order valence-corrected chi connectivity index (χ1v) is 36.5. The lowest BCUT2D eigenvalue weighted by molar-refractivity contribution is -0.277. The summed E-state index contributed by atoms with van der Waals surface area (Å²) >= 11 is 3.81. The molecular weight excluding hydrogens is 1430 g/mol. The SMILES string of the molecule is O=C(O)Cc1cccc(-c2cc(C(=O)CSCc3cc(CSCC(=O)c4ccc(O[C@H]5O[C@H](CO)[C@@H](O)[C@H](O)[C@@H]5O)c(-c5cccc(CC(=O)O)c5)c4)cc(CSCC(=O)c4ccc(O[C@H]5O[C@H](CO)[C@@H](O)[C@H](O)[C@@H]5O)c(-c5cccc(CC(=O)O)c5)c4)c3)ccc2O[C@H]2O[C@H](CO)[C@@H](O)[C@H](O)[C@@H]2O)c1. The molecule has 27 nitrogen and oxygen atoms in total. The van der Waals surface area contributed by atoms with Crippen LogP contribution < -0.4 is 14.2 Å². The van der Waals surface area contributed by atoms with Crippen LogP contribution in [0.25, 0.3) is 33.4 Å². The molecular formula is C75H78O27S3. The summed E-state index contributed by atoms with van der Waals surface area (Å²) in [6.45, 7) is -2.17. The second kappa shape index (κ2) is 36.4. The number of thioether (sulfide) groups is 3. The predicted molar refractivity (Wildman–Crippen MR) is 381 cm³/mol. The topological polar surface area (TPSA) is 461 Å². The average molecular weight is 1510 g/mol. The van der Waals surface area contributed by atoms with Crippen molar-refractivity contribution in [2.45, 2.75) is 129 Å². The fraction of sp³-hybridized carbons (Fsp3) is 0.360. The lowest BCUT2D eigenvalue weighted by Crippen LogP contribution is -2.60. The number of aliphatic hydroxyl groups is 12. The molecule has 0 radical (unpaired) electrons. The molecule has 30 heteroatoms. The summed E-state index contributed by atoms with van der Waals surface area (Å²) in [7, 11) is 0. The van der Waals surface area contributed by atoms with E-state index in [1.54, 1.807) is 72.8 Å². The second-order valence-corrected chi connectivity index (χ2v) is 28.3. The smallest absolute Gasteiger partial charge is 0.307 e. The lowest BCUT2D eigenvalue weighted by atomic mass is 9.97. The van der Waals surface area contributed by atoms with E-state index in [-0.39, 0.29) is 122 Å². The van der Waals surface area contributed by atoms with Gasteiger partial charge in [-0.25, -0.2) is 0 Å². The summed E-state index contributed by atoms with van der Waals surface area (Å²) in [4.78, 5) is 78.1. The van der Waals surface area contributed by atoms with Crippen LogP contribution in [0.2, 0.25) is 0 Å². The van der Waals surface area contributed by atoms with Gasteiger partial charge in [0.25, 0.3) is 0 Å². The maximum atomic E-state index is 14.3. The van der Waals surface area contributed by atoms with Gasteiger partial charge in [-0.1, -0.05) is 91.0 Å². The summed E-state index contributed by atoms with van der Waals surface area (Å²) in [6.07, 6.45) is -25.4. The minimum absolute atomic E-state index is 0.0461. The Morgan fingerprint density at radius 3 is 0.838 bits per heavy atom. The zero-order chi connectivity index (χ0) is 75.3. The highest BCUT2D eigenvalue weighted by atomic mass is 32.2. The molecule has 0 bridgehead atoms. The maximum absolute atomic E-state index is 14.3. The first-order chi connectivity index (χ1) is 50.3. The summed E-state index contributed by atoms with van der Waals surface area (Å²) in [5.74, 6) is -3.60. The van der Waals surface area contributed by atoms with Crippen LogP contribution >= 0.6 is 35.3 Å². The van der Waals surface area contributed by atoms with Crippen molar-refractivity contribution >= 4 is 70.5 Å². The van der Waals surface area contributed by atoms with Gasteiger partial charge in [0.1, 0.15) is 90.5 Å². The van der Waals surface area contributed by atoms with Crippen LogP contribution in [0.15, 0.2) is 146 Å². The van der Waals surface area contributed by atoms with Crippen LogP contribution in [0.1, 0.15) is 64.5 Å². The number of carbonyl (C=O) groups is 6. The van der Waals surface area contributed by atoms with Crippen molar-refractivity contribution in [3.8, 4) is 50.6 Å². The van der Waals surface area contributed by atoms with Gasteiger partial charge in [-0.05, 0) is 105 Å². The number of ketones is 3. The number of carbonyl (C=O) groups excluding carboxylic acids is 3. The molecule has 3 aliphatic rings. The second-order valence-electron chi connectivity index (χ2n) is 25.3. The third-order valence-corrected chi connectivity index (χ3v) is 20.6. The number of aliphatic carboxylic acids is 3. The van der Waals surface area contributed by atoms with Crippen molar-refractivity contribution in [3.63, 3.8) is 0 Å². The minimum atomic E-state index is -1.78. The lowest BCUT2D eigenvalue weighted by Gasteiger charge is -2.39. The molecule has 0 spiro atoms. The molecule has 15 N–H and O–H groups in total. The van der Waals surface area contributed by atoms with E-state index in [0.29, 0.717) is 33.4 Å². The maximum Gasteiger partial charge on any atom is 0.307 e. The number of rotatable bonds is 33. The standard InChI is InChI=1S/C75H78O27S3/c76-28-58-64(88)67(91)70(94)73(100-58)97-55-13-10-46(25-49(55)43-7-1-4-37(19-43)22-61(82)83)52(79)34-103-31-40-16-41(32-104-35-53(80)47-11-14-56(98-74-71(95)68(92)65(89)59(29-77)101-74)50(26-47)44-8-2-5-38(20-44)23-62(84)85)18-42(17-40)33-105-36-54(81)48-12-15-57(99-75-72(96)69(93)66(90)60(30-78)102-75)51(27-48)45-9-3-6-39(21-45)24-63(86)87/h1-21,25-27,58-60,64-78,88-96H,22-24,28-36H2,(H,82,83)(H,84,85)(H,86,87)/t58-,59-,60-,64-,65-,66-,67+,68+,69+,70+,71+,72+,73+,74+,75+/m1/s1. The van der Waals surface area contributed by atoms with Gasteiger partial charge in [0.05, 0.1) is 56.3 Å². The van der Waals surface area contributed by atoms with Crippen molar-refractivity contribution < 1.29 is 134 Å². The van der Waals surface area contributed by atoms with Gasteiger partial charge < -0.3 is 105 Å². The fourth-order valence-electron chi connectivity index (χ4n) is 12.2. The number of benzene rings is 7. The van der Waals surface area contributed by atoms with E-state index in [1.807, 2.05) is 18.2 Å². The average Bonchev–Trinajstić information content (AvgIpc) is 0.799. The van der Waals surface area contributed by atoms with Crippen LogP contribution in [0.5, 0.6) is 17.2 Å². The molecule has 3 aliphatic heterocycles. The summed E-state index contributed by atoms with van der Waals surface area (Å²) in [5.41, 5.74) is 6.24. The number of ether oxygens (including phenoxy) is 6. The van der Waals surface area contributed by atoms with Crippen LogP contribution in [-0.2, 0) is 65.1 Å². The van der Waals surface area contributed by atoms with Crippen molar-refractivity contribution in [1.29, 1.82) is 0 Å². The highest BCUT2D eigenvalue weighted by Crippen LogP contribution is 2.40. The number of aliphatic hydroxyl groups excluding tert-OH is 12. The molecule has 0 aliphatic carbocycles. The number of hydrogen-bond acceptors (Lipinski definition) is 27. The monoisotopic (exact) mass is 1510 g/mol. The third-order valence-electron chi connectivity index (χ3n) is 17.6. The molecule has 15 atom stereocenters. The Labute approximate surface area is 613 Å². The largest absolute Gasteiger partial charge is 0.481 e. The summed E-state index contributed by atoms with van der Waals surface area (Å²) < 4.78 is 35.1.